The van der Waals surface area contributed by atoms with Crippen LogP contribution in [0.25, 0.3) is 0 Å². The van der Waals surface area contributed by atoms with Crippen LogP contribution in [0.3, 0.4) is 0 Å². The molecule has 1 rings (SSSR count). The molecule has 4 nitrogen and oxygen atoms in total. The minimum Gasteiger partial charge on any atom is -0.478 e. The number of rotatable bonds is 4. The summed E-state index contributed by atoms with van der Waals surface area (Å²) in [5, 5.41) is 15.9. The van der Waals surface area contributed by atoms with Gasteiger partial charge in [-0.15, -0.1) is 0 Å². The SMILES string of the molecule is [B]C([B])(O)CS(=O)c1cc(C(=O)O)ccc1C. The number of carboxylic acid groups (broad SMARTS) is 1. The van der Waals surface area contributed by atoms with Crippen LogP contribution in [0.15, 0.2) is 23.1 Å². The van der Waals surface area contributed by atoms with Crippen LogP contribution in [0.4, 0.5) is 0 Å². The third-order valence-electron chi connectivity index (χ3n) is 2.04. The topological polar surface area (TPSA) is 74.6 Å². The summed E-state index contributed by atoms with van der Waals surface area (Å²) in [6.07, 6.45) is 0. The fourth-order valence-corrected chi connectivity index (χ4v) is 2.53. The van der Waals surface area contributed by atoms with E-state index in [2.05, 4.69) is 0 Å². The summed E-state index contributed by atoms with van der Waals surface area (Å²) >= 11 is 0. The summed E-state index contributed by atoms with van der Waals surface area (Å²) in [4.78, 5) is 11.1. The lowest BCUT2D eigenvalue weighted by atomic mass is 9.67. The predicted molar refractivity (Wildman–Crippen MR) is 65.9 cm³/mol. The fraction of sp³-hybridized carbons (Fsp3) is 0.300. The summed E-state index contributed by atoms with van der Waals surface area (Å²) in [6, 6.07) is 4.25. The van der Waals surface area contributed by atoms with Gasteiger partial charge in [-0.2, -0.15) is 0 Å². The summed E-state index contributed by atoms with van der Waals surface area (Å²) in [7, 11) is 8.64. The molecule has 0 saturated heterocycles. The van der Waals surface area contributed by atoms with Crippen molar-refractivity contribution in [2.45, 2.75) is 17.2 Å². The zero-order valence-corrected chi connectivity index (χ0v) is 10.0. The van der Waals surface area contributed by atoms with Gasteiger partial charge in [0.1, 0.15) is 15.7 Å². The van der Waals surface area contributed by atoms with Crippen molar-refractivity contribution >= 4 is 32.5 Å². The van der Waals surface area contributed by atoms with Crippen LogP contribution < -0.4 is 0 Å². The van der Waals surface area contributed by atoms with Crippen LogP contribution >= 0.6 is 0 Å². The molecule has 0 amide bonds. The zero-order valence-electron chi connectivity index (χ0n) is 9.21. The van der Waals surface area contributed by atoms with Gasteiger partial charge in [-0.1, -0.05) is 6.07 Å². The van der Waals surface area contributed by atoms with Crippen LogP contribution in [-0.4, -0.2) is 47.2 Å². The molecule has 0 aromatic heterocycles. The lowest BCUT2D eigenvalue weighted by molar-refractivity contribution is 0.0696. The van der Waals surface area contributed by atoms with E-state index >= 15 is 0 Å². The highest BCUT2D eigenvalue weighted by atomic mass is 32.2. The lowest BCUT2D eigenvalue weighted by Crippen LogP contribution is -2.36. The molecule has 0 aliphatic carbocycles. The Labute approximate surface area is 104 Å². The van der Waals surface area contributed by atoms with E-state index in [9.17, 15) is 9.00 Å². The van der Waals surface area contributed by atoms with E-state index < -0.39 is 22.2 Å². The molecule has 0 bridgehead atoms. The van der Waals surface area contributed by atoms with Gasteiger partial charge in [-0.3, -0.25) is 4.21 Å². The van der Waals surface area contributed by atoms with Crippen LogP contribution in [0.5, 0.6) is 0 Å². The van der Waals surface area contributed by atoms with Crippen LogP contribution in [0, 0.1) is 6.92 Å². The Kier molecular flexibility index (Phi) is 4.16. The molecule has 0 heterocycles. The van der Waals surface area contributed by atoms with Crippen molar-refractivity contribution in [3.8, 4) is 0 Å². The van der Waals surface area contributed by atoms with Crippen molar-refractivity contribution in [3.63, 3.8) is 0 Å². The number of benzene rings is 1. The molecule has 2 N–H and O–H groups in total. The number of aliphatic hydroxyl groups is 1. The standard InChI is InChI=1S/C10H10B2O4S/c1-6-2-3-7(9(13)14)4-8(6)17(16)5-10(11,12)15/h2-4,15H,5H2,1H3,(H,13,14). The maximum atomic E-state index is 11.9. The van der Waals surface area contributed by atoms with E-state index in [1.165, 1.54) is 12.1 Å². The quantitative estimate of drug-likeness (QED) is 0.722. The maximum Gasteiger partial charge on any atom is 0.335 e. The molecule has 1 aromatic carbocycles. The van der Waals surface area contributed by atoms with E-state index in [0.29, 0.717) is 10.5 Å². The third-order valence-corrected chi connectivity index (χ3v) is 3.70. The minimum absolute atomic E-state index is 0.0246. The molecule has 0 spiro atoms. The summed E-state index contributed by atoms with van der Waals surface area (Å²) < 4.78 is 11.9. The molecule has 17 heavy (non-hydrogen) atoms. The Morgan fingerprint density at radius 3 is 2.53 bits per heavy atom. The van der Waals surface area contributed by atoms with Crippen molar-refractivity contribution in [1.29, 1.82) is 0 Å². The Morgan fingerprint density at radius 1 is 1.47 bits per heavy atom. The molecule has 1 aromatic rings. The maximum absolute atomic E-state index is 11.9. The number of hydrogen-bond donors (Lipinski definition) is 2. The van der Waals surface area contributed by atoms with Gasteiger partial charge in [-0.05, 0) is 30.0 Å². The number of carbonyl (C=O) groups is 1. The molecule has 0 saturated carbocycles. The Bertz CT molecular complexity index is 468. The van der Waals surface area contributed by atoms with Gasteiger partial charge >= 0.3 is 5.97 Å². The van der Waals surface area contributed by atoms with Crippen molar-refractivity contribution < 1.29 is 19.2 Å². The molecular weight excluding hydrogens is 238 g/mol. The zero-order chi connectivity index (χ0) is 13.2. The van der Waals surface area contributed by atoms with Crippen LogP contribution in [0.1, 0.15) is 15.9 Å². The Balaban J connectivity index is 3.08. The Hall–Kier alpha value is -1.07. The third kappa shape index (κ3) is 4.02. The second kappa shape index (κ2) is 5.06. The van der Waals surface area contributed by atoms with Gasteiger partial charge in [0.05, 0.1) is 16.4 Å². The van der Waals surface area contributed by atoms with E-state index in [4.69, 9.17) is 25.9 Å². The van der Waals surface area contributed by atoms with Crippen molar-refractivity contribution in [1.82, 2.24) is 0 Å². The highest BCUT2D eigenvalue weighted by Gasteiger charge is 2.19. The number of aryl methyl sites for hydroxylation is 1. The monoisotopic (exact) mass is 248 g/mol. The van der Waals surface area contributed by atoms with E-state index in [-0.39, 0.29) is 11.3 Å². The predicted octanol–water partition coefficient (Wildman–Crippen LogP) is -0.216. The highest BCUT2D eigenvalue weighted by Crippen LogP contribution is 2.17. The van der Waals surface area contributed by atoms with E-state index in [0.717, 1.165) is 0 Å². The fourth-order valence-electron chi connectivity index (χ4n) is 1.27. The second-order valence-electron chi connectivity index (χ2n) is 3.77. The van der Waals surface area contributed by atoms with E-state index in [1.54, 1.807) is 13.0 Å². The molecular formula is C10H10B2O4S. The first-order chi connectivity index (χ1) is 7.70. The van der Waals surface area contributed by atoms with Crippen LogP contribution in [0.2, 0.25) is 0 Å². The molecule has 1 unspecified atom stereocenters. The average molecular weight is 248 g/mol. The molecule has 1 atom stereocenters. The van der Waals surface area contributed by atoms with E-state index in [1.807, 2.05) is 0 Å². The first kappa shape index (κ1) is 14.0. The average Bonchev–Trinajstić information content (AvgIpc) is 2.14. The normalized spacial score (nSPS) is 13.3. The van der Waals surface area contributed by atoms with Gasteiger partial charge in [-0.25, -0.2) is 4.79 Å². The molecule has 4 radical (unpaired) electrons. The first-order valence-electron chi connectivity index (χ1n) is 4.73. The van der Waals surface area contributed by atoms with Crippen molar-refractivity contribution in [2.75, 3.05) is 5.75 Å². The molecule has 7 heteroatoms. The smallest absolute Gasteiger partial charge is 0.335 e. The van der Waals surface area contributed by atoms with Crippen LogP contribution in [-0.2, 0) is 10.8 Å². The molecule has 0 aliphatic heterocycles. The Morgan fingerprint density at radius 2 is 2.06 bits per heavy atom. The van der Waals surface area contributed by atoms with Gasteiger partial charge in [0.2, 0.25) is 0 Å². The second-order valence-corrected chi connectivity index (χ2v) is 5.19. The van der Waals surface area contributed by atoms with Crippen molar-refractivity contribution in [2.24, 2.45) is 0 Å². The summed E-state index contributed by atoms with van der Waals surface area (Å²) in [6.45, 7) is 1.69. The largest absolute Gasteiger partial charge is 0.478 e. The van der Waals surface area contributed by atoms with Gasteiger partial charge in [0.15, 0.2) is 0 Å². The van der Waals surface area contributed by atoms with Crippen molar-refractivity contribution in [3.05, 3.63) is 29.3 Å². The van der Waals surface area contributed by atoms with Gasteiger partial charge < -0.3 is 10.2 Å². The first-order valence-corrected chi connectivity index (χ1v) is 6.05. The van der Waals surface area contributed by atoms with Gasteiger partial charge in [0, 0.05) is 10.6 Å². The number of hydrogen-bond acceptors (Lipinski definition) is 3. The lowest BCUT2D eigenvalue weighted by Gasteiger charge is -2.18. The molecule has 0 fully saturated rings. The summed E-state index contributed by atoms with van der Waals surface area (Å²) in [5.41, 5.74) is 0.675. The molecule has 86 valence electrons. The minimum atomic E-state index is -2.05. The molecule has 0 aliphatic rings. The number of carboxylic acids is 1. The highest BCUT2D eigenvalue weighted by molar-refractivity contribution is 7.85. The summed E-state index contributed by atoms with van der Waals surface area (Å²) in [5.74, 6) is -1.48. The van der Waals surface area contributed by atoms with Gasteiger partial charge in [0.25, 0.3) is 0 Å². The number of aromatic carboxylic acids is 1.